The van der Waals surface area contributed by atoms with Crippen molar-refractivity contribution in [1.29, 1.82) is 0 Å². The molecule has 2 aromatic carbocycles. The lowest BCUT2D eigenvalue weighted by Crippen LogP contribution is -2.08. The molecular weight excluding hydrogens is 296 g/mol. The van der Waals surface area contributed by atoms with Crippen molar-refractivity contribution in [2.45, 2.75) is 32.6 Å². The monoisotopic (exact) mass is 320 g/mol. The van der Waals surface area contributed by atoms with Crippen LogP contribution < -0.4 is 4.74 Å². The fraction of sp³-hybridized carbons (Fsp3) is 0.318. The zero-order valence-electron chi connectivity index (χ0n) is 14.4. The second-order valence-corrected chi connectivity index (χ2v) is 6.46. The predicted octanol–water partition coefficient (Wildman–Crippen LogP) is 5.54. The molecule has 124 valence electrons. The SMILES string of the molecule is COc1ccc(/C(C)=C2/CCCC2CC(=O)c2ccccc2)cc1. The number of rotatable bonds is 5. The van der Waals surface area contributed by atoms with Crippen molar-refractivity contribution in [2.75, 3.05) is 7.11 Å². The number of Topliss-reactive ketones (excluding diaryl/α,β-unsaturated/α-hetero) is 1. The van der Waals surface area contributed by atoms with Crippen LogP contribution in [0.1, 0.15) is 48.5 Å². The molecule has 1 atom stereocenters. The first-order chi connectivity index (χ1) is 11.7. The van der Waals surface area contributed by atoms with Crippen molar-refractivity contribution in [3.63, 3.8) is 0 Å². The molecule has 2 nitrogen and oxygen atoms in total. The highest BCUT2D eigenvalue weighted by Gasteiger charge is 2.25. The van der Waals surface area contributed by atoms with E-state index < -0.39 is 0 Å². The minimum Gasteiger partial charge on any atom is -0.497 e. The molecule has 1 aliphatic rings. The average Bonchev–Trinajstić information content (AvgIpc) is 3.10. The average molecular weight is 320 g/mol. The highest BCUT2D eigenvalue weighted by molar-refractivity contribution is 5.96. The minimum absolute atomic E-state index is 0.252. The van der Waals surface area contributed by atoms with E-state index in [1.165, 1.54) is 23.1 Å². The van der Waals surface area contributed by atoms with Gasteiger partial charge in [-0.05, 0) is 55.4 Å². The number of allylic oxidation sites excluding steroid dienone is 2. The Labute approximate surface area is 144 Å². The molecule has 0 radical (unpaired) electrons. The van der Waals surface area contributed by atoms with Crippen LogP contribution in [0.25, 0.3) is 5.57 Å². The smallest absolute Gasteiger partial charge is 0.163 e. The van der Waals surface area contributed by atoms with E-state index in [0.29, 0.717) is 12.3 Å². The third kappa shape index (κ3) is 3.59. The standard InChI is InChI=1S/C22H24O2/c1-16(17-11-13-20(24-2)14-12-17)21-10-6-9-19(21)15-22(23)18-7-4-3-5-8-18/h3-5,7-8,11-14,19H,6,9-10,15H2,1-2H3/b21-16-. The lowest BCUT2D eigenvalue weighted by atomic mass is 9.89. The van der Waals surface area contributed by atoms with Crippen LogP contribution in [0.4, 0.5) is 0 Å². The van der Waals surface area contributed by atoms with Crippen LogP contribution in [0.5, 0.6) is 5.75 Å². The number of hydrogen-bond acceptors (Lipinski definition) is 2. The molecule has 0 saturated heterocycles. The van der Waals surface area contributed by atoms with E-state index >= 15 is 0 Å². The van der Waals surface area contributed by atoms with Gasteiger partial charge in [0.25, 0.3) is 0 Å². The Morgan fingerprint density at radius 1 is 1.04 bits per heavy atom. The van der Waals surface area contributed by atoms with E-state index in [1.54, 1.807) is 7.11 Å². The molecular formula is C22H24O2. The molecule has 0 spiro atoms. The van der Waals surface area contributed by atoms with Gasteiger partial charge in [0.05, 0.1) is 7.11 Å². The molecule has 0 amide bonds. The molecule has 0 heterocycles. The highest BCUT2D eigenvalue weighted by atomic mass is 16.5. The Balaban J connectivity index is 1.79. The lowest BCUT2D eigenvalue weighted by Gasteiger charge is -2.15. The summed E-state index contributed by atoms with van der Waals surface area (Å²) in [5, 5.41) is 0. The number of methoxy groups -OCH3 is 1. The fourth-order valence-corrected chi connectivity index (χ4v) is 3.63. The summed E-state index contributed by atoms with van der Waals surface area (Å²) in [4.78, 5) is 12.5. The van der Waals surface area contributed by atoms with E-state index in [-0.39, 0.29) is 5.78 Å². The van der Waals surface area contributed by atoms with Gasteiger partial charge >= 0.3 is 0 Å². The van der Waals surface area contributed by atoms with Crippen LogP contribution in [0.3, 0.4) is 0 Å². The summed E-state index contributed by atoms with van der Waals surface area (Å²) in [6.07, 6.45) is 4.01. The predicted molar refractivity (Wildman–Crippen MR) is 98.3 cm³/mol. The van der Waals surface area contributed by atoms with Crippen LogP contribution in [0, 0.1) is 5.92 Å². The van der Waals surface area contributed by atoms with Crippen molar-refractivity contribution in [3.05, 3.63) is 71.3 Å². The van der Waals surface area contributed by atoms with Crippen molar-refractivity contribution >= 4 is 11.4 Å². The van der Waals surface area contributed by atoms with Gasteiger partial charge in [-0.3, -0.25) is 4.79 Å². The van der Waals surface area contributed by atoms with Crippen molar-refractivity contribution in [2.24, 2.45) is 5.92 Å². The Bertz CT molecular complexity index is 726. The summed E-state index contributed by atoms with van der Waals surface area (Å²) in [7, 11) is 1.68. The van der Waals surface area contributed by atoms with Crippen LogP contribution >= 0.6 is 0 Å². The van der Waals surface area contributed by atoms with Gasteiger partial charge in [0.2, 0.25) is 0 Å². The first-order valence-electron chi connectivity index (χ1n) is 8.61. The summed E-state index contributed by atoms with van der Waals surface area (Å²) >= 11 is 0. The normalized spacial score (nSPS) is 19.2. The van der Waals surface area contributed by atoms with E-state index in [9.17, 15) is 4.79 Å². The van der Waals surface area contributed by atoms with E-state index in [2.05, 4.69) is 19.1 Å². The number of benzene rings is 2. The van der Waals surface area contributed by atoms with E-state index in [4.69, 9.17) is 4.74 Å². The van der Waals surface area contributed by atoms with Crippen molar-refractivity contribution in [1.82, 2.24) is 0 Å². The van der Waals surface area contributed by atoms with E-state index in [1.807, 2.05) is 42.5 Å². The van der Waals surface area contributed by atoms with Gasteiger partial charge in [0, 0.05) is 12.0 Å². The van der Waals surface area contributed by atoms with Crippen LogP contribution in [0.15, 0.2) is 60.2 Å². The van der Waals surface area contributed by atoms with Gasteiger partial charge in [-0.25, -0.2) is 0 Å². The zero-order chi connectivity index (χ0) is 16.9. The largest absolute Gasteiger partial charge is 0.497 e. The maximum absolute atomic E-state index is 12.5. The summed E-state index contributed by atoms with van der Waals surface area (Å²) in [6.45, 7) is 2.18. The maximum atomic E-state index is 12.5. The molecule has 1 fully saturated rings. The molecule has 1 unspecified atom stereocenters. The lowest BCUT2D eigenvalue weighted by molar-refractivity contribution is 0.0968. The third-order valence-electron chi connectivity index (χ3n) is 5.02. The molecule has 0 N–H and O–H groups in total. The Kier molecular flexibility index (Phi) is 5.14. The van der Waals surface area contributed by atoms with Gasteiger partial charge in [-0.15, -0.1) is 0 Å². The second kappa shape index (κ2) is 7.48. The van der Waals surface area contributed by atoms with Gasteiger partial charge in [-0.2, -0.15) is 0 Å². The Morgan fingerprint density at radius 3 is 2.42 bits per heavy atom. The topological polar surface area (TPSA) is 26.3 Å². The fourth-order valence-electron chi connectivity index (χ4n) is 3.63. The molecule has 0 bridgehead atoms. The number of hydrogen-bond donors (Lipinski definition) is 0. The maximum Gasteiger partial charge on any atom is 0.163 e. The molecule has 2 heteroatoms. The summed E-state index contributed by atoms with van der Waals surface area (Å²) in [6, 6.07) is 17.9. The quantitative estimate of drug-likeness (QED) is 0.676. The molecule has 1 saturated carbocycles. The highest BCUT2D eigenvalue weighted by Crippen LogP contribution is 2.39. The summed E-state index contributed by atoms with van der Waals surface area (Å²) in [5.74, 6) is 1.50. The van der Waals surface area contributed by atoms with Crippen LogP contribution in [-0.4, -0.2) is 12.9 Å². The molecule has 1 aliphatic carbocycles. The third-order valence-corrected chi connectivity index (χ3v) is 5.02. The second-order valence-electron chi connectivity index (χ2n) is 6.46. The molecule has 24 heavy (non-hydrogen) atoms. The molecule has 3 rings (SSSR count). The summed E-state index contributed by atoms with van der Waals surface area (Å²) in [5.41, 5.74) is 4.82. The van der Waals surface area contributed by atoms with Crippen molar-refractivity contribution < 1.29 is 9.53 Å². The van der Waals surface area contributed by atoms with Crippen molar-refractivity contribution in [3.8, 4) is 5.75 Å². The molecule has 2 aromatic rings. The molecule has 0 aromatic heterocycles. The van der Waals surface area contributed by atoms with Gasteiger partial charge in [0.1, 0.15) is 5.75 Å². The Hall–Kier alpha value is -2.35. The number of carbonyl (C=O) groups excluding carboxylic acids is 1. The van der Waals surface area contributed by atoms with Crippen LogP contribution in [-0.2, 0) is 0 Å². The minimum atomic E-state index is 0.252. The number of ether oxygens (including phenoxy) is 1. The van der Waals surface area contributed by atoms with Gasteiger partial charge < -0.3 is 4.74 Å². The number of carbonyl (C=O) groups is 1. The zero-order valence-corrected chi connectivity index (χ0v) is 14.4. The number of ketones is 1. The van der Waals surface area contributed by atoms with Crippen LogP contribution in [0.2, 0.25) is 0 Å². The van der Waals surface area contributed by atoms with Gasteiger partial charge in [-0.1, -0.05) is 48.0 Å². The summed E-state index contributed by atoms with van der Waals surface area (Å²) < 4.78 is 5.24. The first kappa shape index (κ1) is 16.5. The van der Waals surface area contributed by atoms with E-state index in [0.717, 1.165) is 24.2 Å². The molecule has 0 aliphatic heterocycles. The first-order valence-corrected chi connectivity index (χ1v) is 8.61. The Morgan fingerprint density at radius 2 is 1.75 bits per heavy atom. The van der Waals surface area contributed by atoms with Gasteiger partial charge in [0.15, 0.2) is 5.78 Å².